The van der Waals surface area contributed by atoms with Gasteiger partial charge in [-0.3, -0.25) is 14.4 Å². The van der Waals surface area contributed by atoms with Crippen LogP contribution >= 0.6 is 11.3 Å². The molecule has 1 aromatic carbocycles. The number of nitrogens with one attached hydrogen (secondary N) is 1. The number of aryl methyl sites for hydroxylation is 1. The standard InChI is InChI=1S/C25H35N5O3S/c1-5-28-10-12-29(13-11-28)23(32)14-20-17-34-25(26-20)27-22(31)16-30(15-18(2)3)24(33)21-9-7-6-8-19(21)4/h6-9,17-18H,5,10-16H2,1-4H3,(H,26,27,31). The fraction of sp³-hybridized carbons (Fsp3) is 0.520. The van der Waals surface area contributed by atoms with Gasteiger partial charge in [-0.25, -0.2) is 4.98 Å². The second kappa shape index (κ2) is 12.1. The fourth-order valence-electron chi connectivity index (χ4n) is 4.00. The topological polar surface area (TPSA) is 85.9 Å². The molecular weight excluding hydrogens is 450 g/mol. The molecule has 1 aliphatic rings. The molecule has 1 N–H and O–H groups in total. The number of carbonyl (C=O) groups is 3. The van der Waals surface area contributed by atoms with Crippen molar-refractivity contribution in [1.29, 1.82) is 0 Å². The number of aromatic nitrogens is 1. The summed E-state index contributed by atoms with van der Waals surface area (Å²) in [6.45, 7) is 12.7. The first-order valence-electron chi connectivity index (χ1n) is 11.9. The minimum Gasteiger partial charge on any atom is -0.340 e. The molecule has 0 spiro atoms. The van der Waals surface area contributed by atoms with Crippen LogP contribution in [0.5, 0.6) is 0 Å². The number of hydrogen-bond donors (Lipinski definition) is 1. The minimum atomic E-state index is -0.300. The van der Waals surface area contributed by atoms with Crippen LogP contribution in [0.15, 0.2) is 29.6 Å². The molecule has 1 aromatic heterocycles. The lowest BCUT2D eigenvalue weighted by Crippen LogP contribution is -2.48. The highest BCUT2D eigenvalue weighted by Gasteiger charge is 2.23. The Hall–Kier alpha value is -2.78. The van der Waals surface area contributed by atoms with E-state index in [1.807, 2.05) is 43.9 Å². The average molecular weight is 486 g/mol. The molecule has 1 fully saturated rings. The summed E-state index contributed by atoms with van der Waals surface area (Å²) >= 11 is 1.29. The zero-order valence-electron chi connectivity index (χ0n) is 20.5. The minimum absolute atomic E-state index is 0.0547. The summed E-state index contributed by atoms with van der Waals surface area (Å²) in [5.41, 5.74) is 2.14. The largest absolute Gasteiger partial charge is 0.340 e. The monoisotopic (exact) mass is 485 g/mol. The molecule has 0 bridgehead atoms. The quantitative estimate of drug-likeness (QED) is 0.590. The van der Waals surface area contributed by atoms with Gasteiger partial charge in [-0.15, -0.1) is 11.3 Å². The molecule has 0 unspecified atom stereocenters. The van der Waals surface area contributed by atoms with E-state index >= 15 is 0 Å². The van der Waals surface area contributed by atoms with E-state index in [1.54, 1.807) is 16.3 Å². The van der Waals surface area contributed by atoms with Crippen LogP contribution in [0.25, 0.3) is 0 Å². The molecule has 3 rings (SSSR count). The Kier molecular flexibility index (Phi) is 9.18. The van der Waals surface area contributed by atoms with Crippen LogP contribution in [0.4, 0.5) is 5.13 Å². The van der Waals surface area contributed by atoms with Crippen LogP contribution in [0.3, 0.4) is 0 Å². The van der Waals surface area contributed by atoms with Crippen molar-refractivity contribution in [3.8, 4) is 0 Å². The van der Waals surface area contributed by atoms with Gasteiger partial charge in [-0.05, 0) is 31.0 Å². The zero-order valence-corrected chi connectivity index (χ0v) is 21.4. The highest BCUT2D eigenvalue weighted by molar-refractivity contribution is 7.13. The van der Waals surface area contributed by atoms with Gasteiger partial charge in [-0.1, -0.05) is 39.0 Å². The average Bonchev–Trinajstić information content (AvgIpc) is 3.24. The predicted octanol–water partition coefficient (Wildman–Crippen LogP) is 2.90. The van der Waals surface area contributed by atoms with E-state index in [2.05, 4.69) is 22.1 Å². The van der Waals surface area contributed by atoms with Crippen molar-refractivity contribution in [2.24, 2.45) is 5.92 Å². The van der Waals surface area contributed by atoms with Crippen LogP contribution < -0.4 is 5.32 Å². The Morgan fingerprint density at radius 1 is 1.15 bits per heavy atom. The molecule has 8 nitrogen and oxygen atoms in total. The Bertz CT molecular complexity index is 998. The number of anilines is 1. The number of amides is 3. The molecule has 1 saturated heterocycles. The van der Waals surface area contributed by atoms with E-state index in [0.29, 0.717) is 22.9 Å². The smallest absolute Gasteiger partial charge is 0.254 e. The van der Waals surface area contributed by atoms with Crippen molar-refractivity contribution in [2.45, 2.75) is 34.1 Å². The Morgan fingerprint density at radius 3 is 2.50 bits per heavy atom. The number of nitrogens with zero attached hydrogens (tertiary/aromatic N) is 4. The summed E-state index contributed by atoms with van der Waals surface area (Å²) in [4.78, 5) is 48.7. The first-order chi connectivity index (χ1) is 16.3. The molecule has 9 heteroatoms. The summed E-state index contributed by atoms with van der Waals surface area (Å²) in [7, 11) is 0. The molecule has 0 atom stereocenters. The summed E-state index contributed by atoms with van der Waals surface area (Å²) in [5, 5.41) is 5.04. The molecule has 0 radical (unpaired) electrons. The second-order valence-electron chi connectivity index (χ2n) is 9.08. The van der Waals surface area contributed by atoms with Crippen molar-refractivity contribution in [3.05, 3.63) is 46.5 Å². The predicted molar refractivity (Wildman–Crippen MR) is 135 cm³/mol. The van der Waals surface area contributed by atoms with E-state index in [0.717, 1.165) is 38.3 Å². The SMILES string of the molecule is CCN1CCN(C(=O)Cc2csc(NC(=O)CN(CC(C)C)C(=O)c3ccccc3C)n2)CC1. The highest BCUT2D eigenvalue weighted by atomic mass is 32.1. The van der Waals surface area contributed by atoms with Gasteiger partial charge in [0, 0.05) is 43.7 Å². The molecular formula is C25H35N5O3S. The third kappa shape index (κ3) is 7.11. The summed E-state index contributed by atoms with van der Waals surface area (Å²) in [5.74, 6) is -0.177. The lowest BCUT2D eigenvalue weighted by atomic mass is 10.1. The van der Waals surface area contributed by atoms with Crippen LogP contribution in [0.1, 0.15) is 42.4 Å². The van der Waals surface area contributed by atoms with Gasteiger partial charge in [-0.2, -0.15) is 0 Å². The van der Waals surface area contributed by atoms with Gasteiger partial charge >= 0.3 is 0 Å². The second-order valence-corrected chi connectivity index (χ2v) is 9.94. The Balaban J connectivity index is 1.56. The van der Waals surface area contributed by atoms with Crippen molar-refractivity contribution < 1.29 is 14.4 Å². The molecule has 1 aliphatic heterocycles. The normalized spacial score (nSPS) is 14.3. The lowest BCUT2D eigenvalue weighted by Gasteiger charge is -2.34. The van der Waals surface area contributed by atoms with Gasteiger partial charge in [0.25, 0.3) is 5.91 Å². The summed E-state index contributed by atoms with van der Waals surface area (Å²) in [6.07, 6.45) is 0.226. The van der Waals surface area contributed by atoms with Gasteiger partial charge in [0.05, 0.1) is 12.1 Å². The number of piperazine rings is 1. The van der Waals surface area contributed by atoms with E-state index in [-0.39, 0.29) is 36.6 Å². The van der Waals surface area contributed by atoms with Gasteiger partial charge in [0.1, 0.15) is 6.54 Å². The number of benzene rings is 1. The third-order valence-electron chi connectivity index (χ3n) is 5.89. The van der Waals surface area contributed by atoms with Crippen LogP contribution in [0.2, 0.25) is 0 Å². The van der Waals surface area contributed by atoms with Crippen molar-refractivity contribution in [2.75, 3.05) is 51.1 Å². The Labute approximate surface area is 205 Å². The van der Waals surface area contributed by atoms with Gasteiger partial charge < -0.3 is 20.0 Å². The van der Waals surface area contributed by atoms with Gasteiger partial charge in [0.15, 0.2) is 5.13 Å². The maximum atomic E-state index is 13.1. The van der Waals surface area contributed by atoms with Gasteiger partial charge in [0.2, 0.25) is 11.8 Å². The van der Waals surface area contributed by atoms with Crippen molar-refractivity contribution in [1.82, 2.24) is 19.7 Å². The number of rotatable bonds is 9. The summed E-state index contributed by atoms with van der Waals surface area (Å²) in [6, 6.07) is 7.40. The lowest BCUT2D eigenvalue weighted by molar-refractivity contribution is -0.132. The first kappa shape index (κ1) is 25.8. The highest BCUT2D eigenvalue weighted by Crippen LogP contribution is 2.18. The molecule has 34 heavy (non-hydrogen) atoms. The molecule has 3 amide bonds. The number of thiazole rings is 1. The van der Waals surface area contributed by atoms with Crippen molar-refractivity contribution in [3.63, 3.8) is 0 Å². The molecule has 2 heterocycles. The molecule has 2 aromatic rings. The molecule has 0 saturated carbocycles. The van der Waals surface area contributed by atoms with Crippen LogP contribution in [-0.2, 0) is 16.0 Å². The van der Waals surface area contributed by atoms with E-state index in [9.17, 15) is 14.4 Å². The Morgan fingerprint density at radius 2 is 1.85 bits per heavy atom. The maximum absolute atomic E-state index is 13.1. The summed E-state index contributed by atoms with van der Waals surface area (Å²) < 4.78 is 0. The number of carbonyl (C=O) groups excluding carboxylic acids is 3. The fourth-order valence-corrected chi connectivity index (χ4v) is 4.73. The molecule has 184 valence electrons. The maximum Gasteiger partial charge on any atom is 0.254 e. The molecule has 0 aliphatic carbocycles. The van der Waals surface area contributed by atoms with E-state index in [4.69, 9.17) is 0 Å². The third-order valence-corrected chi connectivity index (χ3v) is 6.69. The number of likely N-dealkylation sites (N-methyl/N-ethyl adjacent to an activating group) is 1. The first-order valence-corrected chi connectivity index (χ1v) is 12.7. The van der Waals surface area contributed by atoms with Crippen LogP contribution in [-0.4, -0.2) is 83.2 Å². The van der Waals surface area contributed by atoms with E-state index < -0.39 is 0 Å². The zero-order chi connectivity index (χ0) is 24.7. The van der Waals surface area contributed by atoms with E-state index in [1.165, 1.54) is 11.3 Å². The van der Waals surface area contributed by atoms with Crippen LogP contribution in [0, 0.1) is 12.8 Å². The van der Waals surface area contributed by atoms with Crippen molar-refractivity contribution >= 4 is 34.2 Å². The number of hydrogen-bond acceptors (Lipinski definition) is 6.